The monoisotopic (exact) mass is 587 g/mol. The molecule has 2 N–H and O–H groups in total. The van der Waals surface area contributed by atoms with Crippen LogP contribution in [0.15, 0.2) is 42.9 Å². The minimum absolute atomic E-state index is 0.186. The van der Waals surface area contributed by atoms with E-state index in [9.17, 15) is 4.79 Å². The molecule has 5 rings (SSSR count). The van der Waals surface area contributed by atoms with Gasteiger partial charge in [-0.1, -0.05) is 0 Å². The number of hydrogen-bond donors (Lipinski definition) is 2. The molecule has 3 heterocycles. The summed E-state index contributed by atoms with van der Waals surface area (Å²) in [5, 5.41) is 7.18. The quantitative estimate of drug-likeness (QED) is 0.161. The Morgan fingerprint density at radius 3 is 2.71 bits per heavy atom. The van der Waals surface area contributed by atoms with E-state index in [4.69, 9.17) is 27.9 Å². The molecule has 0 spiro atoms. The summed E-state index contributed by atoms with van der Waals surface area (Å²) in [5.74, 6) is 0.865. The van der Waals surface area contributed by atoms with Crippen molar-refractivity contribution in [2.45, 2.75) is 25.3 Å². The number of carbonyl (C=O) groups excluding carboxylic acids is 1. The van der Waals surface area contributed by atoms with Crippen LogP contribution in [0.25, 0.3) is 27.1 Å². The Morgan fingerprint density at radius 1 is 1.21 bits per heavy atom. The molecule has 0 aliphatic heterocycles. The Kier molecular flexibility index (Phi) is 8.75. The largest absolute Gasteiger partial charge is 0.494 e. The molecular weight excluding hydrogens is 554 g/mol. The van der Waals surface area contributed by atoms with Gasteiger partial charge in [0.1, 0.15) is 11.4 Å². The minimum atomic E-state index is -0.191. The predicted octanol–water partition coefficient (Wildman–Crippen LogP) is 5.70. The van der Waals surface area contributed by atoms with Gasteiger partial charge in [0, 0.05) is 74.1 Å². The zero-order valence-corrected chi connectivity index (χ0v) is 24.9. The zero-order valence-electron chi connectivity index (χ0n) is 24.2. The highest BCUT2D eigenvalue weighted by Crippen LogP contribution is 2.43. The first kappa shape index (κ1) is 29.1. The smallest absolute Gasteiger partial charge is 0.231 e. The van der Waals surface area contributed by atoms with Gasteiger partial charge in [0.2, 0.25) is 17.5 Å². The maximum atomic E-state index is 12.6. The summed E-state index contributed by atoms with van der Waals surface area (Å²) >= 11 is 5.83. The summed E-state index contributed by atoms with van der Waals surface area (Å²) in [6, 6.07) is 7.99. The molecule has 0 radical (unpaired) electrons. The van der Waals surface area contributed by atoms with Crippen LogP contribution in [-0.2, 0) is 4.79 Å². The van der Waals surface area contributed by atoms with Gasteiger partial charge in [-0.05, 0) is 45.1 Å². The molecule has 1 aliphatic rings. The summed E-state index contributed by atoms with van der Waals surface area (Å²) in [4.78, 5) is 34.3. The summed E-state index contributed by atoms with van der Waals surface area (Å²) in [6.45, 7) is 9.33. The van der Waals surface area contributed by atoms with Crippen molar-refractivity contribution in [3.63, 3.8) is 0 Å². The number of methoxy groups -OCH3 is 1. The Balaban J connectivity index is 1.54. The van der Waals surface area contributed by atoms with E-state index in [-0.39, 0.29) is 18.2 Å². The molecule has 0 saturated heterocycles. The second-order valence-corrected chi connectivity index (χ2v) is 10.9. The second kappa shape index (κ2) is 12.6. The fourth-order valence-electron chi connectivity index (χ4n) is 4.76. The van der Waals surface area contributed by atoms with Crippen molar-refractivity contribution in [3.8, 4) is 17.0 Å². The topological polar surface area (TPSA) is 105 Å². The molecule has 3 aromatic heterocycles. The molecular formula is C30H34ClN9O2. The van der Waals surface area contributed by atoms with Crippen molar-refractivity contribution in [3.05, 3.63) is 54.3 Å². The third kappa shape index (κ3) is 6.25. The van der Waals surface area contributed by atoms with E-state index in [1.54, 1.807) is 19.4 Å². The van der Waals surface area contributed by atoms with Crippen LogP contribution in [0.4, 0.5) is 28.7 Å². The van der Waals surface area contributed by atoms with E-state index in [0.717, 1.165) is 48.2 Å². The summed E-state index contributed by atoms with van der Waals surface area (Å²) in [5.41, 5.74) is 4.55. The van der Waals surface area contributed by atoms with Gasteiger partial charge in [-0.25, -0.2) is 19.8 Å². The number of hydrogen-bond acceptors (Lipinski definition) is 8. The number of anilines is 4. The number of nitrogens with zero attached hydrogens (tertiary/aromatic N) is 7. The first-order valence-electron chi connectivity index (χ1n) is 13.7. The summed E-state index contributed by atoms with van der Waals surface area (Å²) in [7, 11) is 7.58. The van der Waals surface area contributed by atoms with Gasteiger partial charge < -0.3 is 29.7 Å². The van der Waals surface area contributed by atoms with E-state index in [1.807, 2.05) is 45.5 Å². The maximum absolute atomic E-state index is 12.6. The van der Waals surface area contributed by atoms with E-state index in [0.29, 0.717) is 40.5 Å². The molecule has 1 aliphatic carbocycles. The number of likely N-dealkylation sites (N-methyl/N-ethyl adjacent to an activating group) is 2. The van der Waals surface area contributed by atoms with Crippen molar-refractivity contribution in [2.75, 3.05) is 62.8 Å². The van der Waals surface area contributed by atoms with Crippen molar-refractivity contribution < 1.29 is 9.53 Å². The lowest BCUT2D eigenvalue weighted by molar-refractivity contribution is -0.115. The molecule has 218 valence electrons. The molecule has 1 fully saturated rings. The molecule has 0 unspecified atom stereocenters. The summed E-state index contributed by atoms with van der Waals surface area (Å²) in [6.07, 6.45) is 7.75. The number of pyridine rings is 1. The number of fused-ring (bicyclic) bond motifs is 1. The van der Waals surface area contributed by atoms with Crippen LogP contribution in [0.5, 0.6) is 5.75 Å². The van der Waals surface area contributed by atoms with Gasteiger partial charge in [-0.15, -0.1) is 11.6 Å². The number of benzene rings is 1. The molecule has 0 bridgehead atoms. The van der Waals surface area contributed by atoms with E-state index in [1.165, 1.54) is 6.20 Å². The van der Waals surface area contributed by atoms with Crippen molar-refractivity contribution in [2.24, 2.45) is 0 Å². The average molecular weight is 588 g/mol. The van der Waals surface area contributed by atoms with Gasteiger partial charge in [0.25, 0.3) is 0 Å². The molecule has 1 amide bonds. The average Bonchev–Trinajstić information content (AvgIpc) is 3.76. The molecule has 1 aromatic carbocycles. The number of amides is 1. The van der Waals surface area contributed by atoms with E-state index in [2.05, 4.69) is 39.8 Å². The number of alkyl halides is 1. The molecule has 4 aromatic rings. The molecule has 12 heteroatoms. The van der Waals surface area contributed by atoms with Crippen LogP contribution >= 0.6 is 11.6 Å². The normalized spacial score (nSPS) is 12.8. The lowest BCUT2D eigenvalue weighted by Gasteiger charge is -2.26. The molecule has 0 atom stereocenters. The number of nitrogens with one attached hydrogen (secondary N) is 2. The minimum Gasteiger partial charge on any atom is -0.494 e. The lowest BCUT2D eigenvalue weighted by atomic mass is 10.1. The fourth-order valence-corrected chi connectivity index (χ4v) is 4.93. The van der Waals surface area contributed by atoms with Gasteiger partial charge in [-0.3, -0.25) is 4.79 Å². The Labute approximate surface area is 250 Å². The van der Waals surface area contributed by atoms with Gasteiger partial charge in [-0.2, -0.15) is 0 Å². The standard InChI is InChI=1S/C30H34ClN9O2/c1-32-24-17-34-30(37-28(24)21-18-40(19-8-9-19)29-20(21)7-6-12-33-29)36-23-15-22(35-27(41)10-11-31)25(16-26(23)42-5)39(4)14-13-38(2)3/h6-7,12,15-19H,8-11,13-14H2,2-5H3,(H,35,41)(H,34,36,37). The van der Waals surface area contributed by atoms with Gasteiger partial charge >= 0.3 is 0 Å². The van der Waals surface area contributed by atoms with Crippen molar-refractivity contribution >= 4 is 57.2 Å². The third-order valence-electron chi connectivity index (χ3n) is 7.13. The van der Waals surface area contributed by atoms with E-state index >= 15 is 0 Å². The fraction of sp³-hybridized carbons (Fsp3) is 0.367. The predicted molar refractivity (Wildman–Crippen MR) is 167 cm³/mol. The lowest BCUT2D eigenvalue weighted by Crippen LogP contribution is -2.29. The Hall–Kier alpha value is -4.40. The molecule has 42 heavy (non-hydrogen) atoms. The SMILES string of the molecule is [C-]#[N+]c1cnc(Nc2cc(NC(=O)CCCl)c(N(C)CCN(C)C)cc2OC)nc1-c1cn(C2CC2)c2ncccc12. The van der Waals surface area contributed by atoms with Gasteiger partial charge in [0.15, 0.2) is 0 Å². The zero-order chi connectivity index (χ0) is 29.8. The van der Waals surface area contributed by atoms with E-state index < -0.39 is 0 Å². The summed E-state index contributed by atoms with van der Waals surface area (Å²) < 4.78 is 7.92. The maximum Gasteiger partial charge on any atom is 0.231 e. The van der Waals surface area contributed by atoms with Crippen LogP contribution in [-0.4, -0.2) is 77.5 Å². The van der Waals surface area contributed by atoms with Crippen LogP contribution < -0.4 is 20.3 Å². The first-order chi connectivity index (χ1) is 20.3. The highest BCUT2D eigenvalue weighted by Gasteiger charge is 2.27. The van der Waals surface area contributed by atoms with Crippen LogP contribution in [0.3, 0.4) is 0 Å². The van der Waals surface area contributed by atoms with Crippen molar-refractivity contribution in [1.82, 2.24) is 24.4 Å². The van der Waals surface area contributed by atoms with Gasteiger partial charge in [0.05, 0.1) is 36.4 Å². The first-order valence-corrected chi connectivity index (χ1v) is 14.3. The van der Waals surface area contributed by atoms with Crippen LogP contribution in [0, 0.1) is 6.57 Å². The number of aromatic nitrogens is 4. The van der Waals surface area contributed by atoms with Crippen molar-refractivity contribution in [1.29, 1.82) is 0 Å². The van der Waals surface area contributed by atoms with Crippen LogP contribution in [0.2, 0.25) is 0 Å². The number of carbonyl (C=O) groups is 1. The second-order valence-electron chi connectivity index (χ2n) is 10.5. The number of rotatable bonds is 12. The Bertz CT molecular complexity index is 1640. The number of ether oxygens (including phenoxy) is 1. The molecule has 11 nitrogen and oxygen atoms in total. The molecule has 1 saturated carbocycles. The highest BCUT2D eigenvalue weighted by atomic mass is 35.5. The number of halogens is 1. The van der Waals surface area contributed by atoms with Crippen LogP contribution in [0.1, 0.15) is 25.3 Å². The highest BCUT2D eigenvalue weighted by molar-refractivity contribution is 6.19. The Morgan fingerprint density at radius 2 is 2.02 bits per heavy atom. The third-order valence-corrected chi connectivity index (χ3v) is 7.32.